The molecule has 3 heterocycles. The molecule has 0 radical (unpaired) electrons. The topological polar surface area (TPSA) is 104 Å². The van der Waals surface area contributed by atoms with Crippen molar-refractivity contribution in [1.82, 2.24) is 9.55 Å². The molecule has 2 fully saturated rings. The van der Waals surface area contributed by atoms with Crippen LogP contribution in [-0.4, -0.2) is 40.6 Å². The van der Waals surface area contributed by atoms with Gasteiger partial charge >= 0.3 is 11.8 Å². The second-order valence-corrected chi connectivity index (χ2v) is 11.0. The smallest absolute Gasteiger partial charge is 0.389 e. The molecule has 9 nitrogen and oxygen atoms in total. The number of fused-ring (bicyclic) bond motifs is 1. The molecule has 0 saturated carbocycles. The third kappa shape index (κ3) is 5.37. The van der Waals surface area contributed by atoms with E-state index in [-0.39, 0.29) is 12.7 Å². The summed E-state index contributed by atoms with van der Waals surface area (Å²) in [5, 5.41) is 0. The Morgan fingerprint density at radius 3 is 1.82 bits per heavy atom. The number of aromatic nitrogens is 2. The fraction of sp³-hybridized carbons (Fsp3) is 0.194. The minimum atomic E-state index is -0.994. The highest BCUT2D eigenvalue weighted by atomic mass is 16.8. The number of aliphatic imine (C=N–C) groups is 1. The van der Waals surface area contributed by atoms with Crippen LogP contribution in [0.5, 0.6) is 0 Å². The maximum atomic E-state index is 13.0. The van der Waals surface area contributed by atoms with Crippen molar-refractivity contribution >= 4 is 11.8 Å². The fourth-order valence-corrected chi connectivity index (χ4v) is 6.01. The summed E-state index contributed by atoms with van der Waals surface area (Å²) in [6, 6.07) is 39.4. The molecule has 5 aromatic rings. The van der Waals surface area contributed by atoms with Crippen molar-refractivity contribution in [2.24, 2.45) is 4.99 Å². The number of nitrogens with zero attached hydrogens (tertiary/aromatic N) is 2. The molecule has 9 heteroatoms. The molecule has 0 unspecified atom stereocenters. The summed E-state index contributed by atoms with van der Waals surface area (Å²) >= 11 is 0. The van der Waals surface area contributed by atoms with E-state index in [0.29, 0.717) is 11.3 Å². The van der Waals surface area contributed by atoms with Crippen LogP contribution in [0.25, 0.3) is 0 Å². The molecule has 226 valence electrons. The highest BCUT2D eigenvalue weighted by Crippen LogP contribution is 2.43. The van der Waals surface area contributed by atoms with E-state index in [0.717, 1.165) is 16.7 Å². The van der Waals surface area contributed by atoms with Crippen molar-refractivity contribution in [2.45, 2.75) is 37.1 Å². The Kier molecular flexibility index (Phi) is 7.62. The van der Waals surface area contributed by atoms with Crippen LogP contribution in [0.15, 0.2) is 142 Å². The second-order valence-electron chi connectivity index (χ2n) is 11.0. The highest BCUT2D eigenvalue weighted by Gasteiger charge is 2.55. The first-order chi connectivity index (χ1) is 22.0. The normalized spacial score (nSPS) is 21.7. The molecular weight excluding hydrogens is 570 g/mol. The van der Waals surface area contributed by atoms with Crippen LogP contribution in [0.1, 0.15) is 28.5 Å². The molecule has 0 aliphatic carbocycles. The van der Waals surface area contributed by atoms with Crippen LogP contribution in [-0.2, 0) is 24.5 Å². The van der Waals surface area contributed by atoms with Crippen molar-refractivity contribution in [3.8, 4) is 0 Å². The summed E-state index contributed by atoms with van der Waals surface area (Å²) in [7, 11) is 0. The van der Waals surface area contributed by atoms with E-state index < -0.39 is 41.4 Å². The van der Waals surface area contributed by atoms with E-state index in [1.54, 1.807) is 6.92 Å². The zero-order valence-corrected chi connectivity index (χ0v) is 24.5. The molecule has 2 aliphatic rings. The largest absolute Gasteiger partial charge is 0.440 e. The van der Waals surface area contributed by atoms with Crippen LogP contribution in [0.2, 0.25) is 0 Å². The predicted octanol–water partition coefficient (Wildman–Crippen LogP) is 5.22. The number of hydrogen-bond donors (Lipinski definition) is 1. The number of benzene rings is 4. The van der Waals surface area contributed by atoms with E-state index in [9.17, 15) is 9.59 Å². The van der Waals surface area contributed by atoms with Gasteiger partial charge in [0.1, 0.15) is 11.7 Å². The lowest BCUT2D eigenvalue weighted by molar-refractivity contribution is -0.101. The Bertz CT molecular complexity index is 1810. The Labute approximate surface area is 259 Å². The number of ether oxygens (including phenoxy) is 4. The third-order valence-corrected chi connectivity index (χ3v) is 8.16. The molecule has 2 aliphatic heterocycles. The van der Waals surface area contributed by atoms with Crippen molar-refractivity contribution in [2.75, 3.05) is 6.61 Å². The fourth-order valence-electron chi connectivity index (χ4n) is 6.01. The summed E-state index contributed by atoms with van der Waals surface area (Å²) in [6.07, 6.45) is -1.42. The van der Waals surface area contributed by atoms with Gasteiger partial charge < -0.3 is 18.9 Å². The minimum Gasteiger partial charge on any atom is -0.440 e. The first-order valence-corrected chi connectivity index (χ1v) is 14.8. The van der Waals surface area contributed by atoms with Crippen LogP contribution >= 0.6 is 0 Å². The number of nitrogens with one attached hydrogen (secondary N) is 1. The van der Waals surface area contributed by atoms with Gasteiger partial charge in [0.15, 0.2) is 18.4 Å². The maximum absolute atomic E-state index is 13.0. The van der Waals surface area contributed by atoms with Crippen LogP contribution in [0.4, 0.5) is 5.69 Å². The van der Waals surface area contributed by atoms with E-state index in [2.05, 4.69) is 9.98 Å². The second kappa shape index (κ2) is 12.0. The maximum Gasteiger partial charge on any atom is 0.389 e. The van der Waals surface area contributed by atoms with Crippen molar-refractivity contribution in [3.05, 3.63) is 171 Å². The summed E-state index contributed by atoms with van der Waals surface area (Å²) in [4.78, 5) is 32.1. The lowest BCUT2D eigenvalue weighted by Gasteiger charge is -2.37. The first-order valence-electron chi connectivity index (χ1n) is 14.8. The average molecular weight is 602 g/mol. The molecule has 0 amide bonds. The molecule has 4 aromatic carbocycles. The molecule has 1 N–H and O–H groups in total. The van der Waals surface area contributed by atoms with Crippen molar-refractivity contribution in [1.29, 1.82) is 0 Å². The van der Waals surface area contributed by atoms with Gasteiger partial charge in [-0.05, 0) is 35.7 Å². The minimum absolute atomic E-state index is 0.0733. The number of rotatable bonds is 8. The molecule has 2 saturated heterocycles. The molecule has 7 rings (SSSR count). The van der Waals surface area contributed by atoms with Crippen molar-refractivity contribution < 1.29 is 18.9 Å². The molecular formula is C36H31N3O6. The van der Waals surface area contributed by atoms with Crippen LogP contribution in [0.3, 0.4) is 0 Å². The summed E-state index contributed by atoms with van der Waals surface area (Å²) < 4.78 is 27.3. The molecule has 1 aromatic heterocycles. The Hall–Kier alpha value is -5.25. The van der Waals surface area contributed by atoms with Gasteiger partial charge in [-0.15, -0.1) is 0 Å². The Balaban J connectivity index is 1.29. The number of aromatic amines is 1. The van der Waals surface area contributed by atoms with Gasteiger partial charge in [-0.1, -0.05) is 109 Å². The first kappa shape index (κ1) is 28.5. The monoisotopic (exact) mass is 601 g/mol. The molecule has 45 heavy (non-hydrogen) atoms. The van der Waals surface area contributed by atoms with Gasteiger partial charge in [-0.2, -0.15) is 4.99 Å². The number of para-hydroxylation sites is 1. The third-order valence-electron chi connectivity index (χ3n) is 8.16. The summed E-state index contributed by atoms with van der Waals surface area (Å²) in [5.41, 5.74) is 1.78. The zero-order chi connectivity index (χ0) is 30.8. The zero-order valence-electron chi connectivity index (χ0n) is 24.5. The average Bonchev–Trinajstić information content (AvgIpc) is 3.64. The van der Waals surface area contributed by atoms with E-state index >= 15 is 0 Å². The lowest BCUT2D eigenvalue weighted by Crippen LogP contribution is -2.39. The Morgan fingerprint density at radius 2 is 1.27 bits per heavy atom. The number of aryl methyl sites for hydroxylation is 1. The highest BCUT2D eigenvalue weighted by molar-refractivity contribution is 5.73. The number of H-pyrrole nitrogens is 1. The standard InChI is InChI=1S/C36H31N3O6/c1-24-22-39(34(41)38-32(24)40)33-31-30(44-35(45-31)37-28-20-12-5-13-21-28)29(43-33)23-42-36(25-14-6-2-7-15-25,26-16-8-3-9-17-26)27-18-10-4-11-19-27/h2-22,29-31,33H,23H2,1H3,(H,38,40,41)/t29-,30-,31-,33-/m1/s1. The summed E-state index contributed by atoms with van der Waals surface area (Å²) in [6.45, 7) is 1.71. The van der Waals surface area contributed by atoms with Crippen LogP contribution < -0.4 is 11.2 Å². The van der Waals surface area contributed by atoms with Gasteiger partial charge in [0, 0.05) is 11.8 Å². The molecule has 0 spiro atoms. The molecule has 0 bridgehead atoms. The lowest BCUT2D eigenvalue weighted by atomic mass is 9.80. The van der Waals surface area contributed by atoms with Gasteiger partial charge in [-0.3, -0.25) is 14.3 Å². The SMILES string of the molecule is Cc1cn([C@@H]2O[C@H](COC(c3ccccc3)(c3ccccc3)c3ccccc3)[C@H]3OC(=Nc4ccccc4)O[C@H]32)c(=O)[nH]c1=O. The van der Waals surface area contributed by atoms with E-state index in [1.165, 1.54) is 10.8 Å². The van der Waals surface area contributed by atoms with Gasteiger partial charge in [0.2, 0.25) is 0 Å². The van der Waals surface area contributed by atoms with E-state index in [4.69, 9.17) is 18.9 Å². The molecule has 4 atom stereocenters. The predicted molar refractivity (Wildman–Crippen MR) is 168 cm³/mol. The van der Waals surface area contributed by atoms with Gasteiger partial charge in [0.05, 0.1) is 12.3 Å². The van der Waals surface area contributed by atoms with Gasteiger partial charge in [0.25, 0.3) is 5.56 Å². The Morgan fingerprint density at radius 1 is 0.756 bits per heavy atom. The summed E-state index contributed by atoms with van der Waals surface area (Å²) in [5.74, 6) is 0. The number of hydrogen-bond acceptors (Lipinski definition) is 7. The quantitative estimate of drug-likeness (QED) is 0.245. The van der Waals surface area contributed by atoms with Crippen LogP contribution in [0, 0.1) is 6.92 Å². The van der Waals surface area contributed by atoms with E-state index in [1.807, 2.05) is 121 Å². The van der Waals surface area contributed by atoms with Crippen molar-refractivity contribution in [3.63, 3.8) is 0 Å². The van der Waals surface area contributed by atoms with Gasteiger partial charge in [-0.25, -0.2) is 4.79 Å².